The Morgan fingerprint density at radius 2 is 1.30 bits per heavy atom. The molecule has 0 N–H and O–H groups in total. The molecule has 0 aromatic heterocycles. The molecule has 9 aliphatic rings. The van der Waals surface area contributed by atoms with Gasteiger partial charge < -0.3 is 0 Å². The predicted molar refractivity (Wildman–Crippen MR) is 237 cm³/mol. The van der Waals surface area contributed by atoms with E-state index < -0.39 is 0 Å². The van der Waals surface area contributed by atoms with Gasteiger partial charge in [-0.2, -0.15) is 0 Å². The molecule has 0 nitrogen and oxygen atoms in total. The quantitative estimate of drug-likeness (QED) is 0.263. The van der Waals surface area contributed by atoms with E-state index in [1.54, 1.807) is 0 Å². The molecule has 9 aliphatic carbocycles. The van der Waals surface area contributed by atoms with Gasteiger partial charge in [0.05, 0.1) is 0 Å². The Bertz CT molecular complexity index is 2480. The second kappa shape index (κ2) is 15.6. The number of hydrogen-bond acceptors (Lipinski definition) is 0. The Morgan fingerprint density at radius 1 is 0.518 bits per heavy atom. The lowest BCUT2D eigenvalue weighted by Crippen LogP contribution is -2.42. The number of benzene rings is 1. The monoisotopic (exact) mass is 724 g/mol. The van der Waals surface area contributed by atoms with Crippen LogP contribution in [0.3, 0.4) is 0 Å². The fraction of sp³-hybridized carbons (Fsp3) is 0.250. The third kappa shape index (κ3) is 6.74. The van der Waals surface area contributed by atoms with Crippen LogP contribution in [0.15, 0.2) is 227 Å². The smallest absolute Gasteiger partial charge is 0.0134 e. The lowest BCUT2D eigenvalue weighted by Gasteiger charge is -2.40. The molecule has 1 aromatic carbocycles. The van der Waals surface area contributed by atoms with Crippen molar-refractivity contribution >= 4 is 11.1 Å². The van der Waals surface area contributed by atoms with Gasteiger partial charge in [0.1, 0.15) is 0 Å². The van der Waals surface area contributed by atoms with Gasteiger partial charge in [-0.15, -0.1) is 0 Å². The summed E-state index contributed by atoms with van der Waals surface area (Å²) < 4.78 is 0. The molecule has 0 radical (unpaired) electrons. The lowest BCUT2D eigenvalue weighted by atomic mass is 9.63. The normalized spacial score (nSPS) is 30.1. The average Bonchev–Trinajstić information content (AvgIpc) is 3.28. The summed E-state index contributed by atoms with van der Waals surface area (Å²) in [4.78, 5) is 0. The van der Waals surface area contributed by atoms with Crippen molar-refractivity contribution in [2.24, 2.45) is 35.5 Å². The first-order valence-corrected chi connectivity index (χ1v) is 21.3. The van der Waals surface area contributed by atoms with Crippen molar-refractivity contribution in [3.05, 3.63) is 237 Å². The predicted octanol–water partition coefficient (Wildman–Crippen LogP) is 12.3. The topological polar surface area (TPSA) is 0 Å². The number of hydrogen-bond donors (Lipinski definition) is 0. The van der Waals surface area contributed by atoms with Gasteiger partial charge in [0, 0.05) is 23.7 Å². The Hall–Kier alpha value is -5.46. The van der Waals surface area contributed by atoms with Crippen LogP contribution < -0.4 is 10.4 Å². The molecule has 0 amide bonds. The van der Waals surface area contributed by atoms with Crippen molar-refractivity contribution < 1.29 is 0 Å². The van der Waals surface area contributed by atoms with Crippen LogP contribution in [0, 0.1) is 35.5 Å². The highest BCUT2D eigenvalue weighted by Gasteiger charge is 2.38. The largest absolute Gasteiger partial charge is 0.0842 e. The van der Waals surface area contributed by atoms with Gasteiger partial charge in [-0.3, -0.25) is 0 Å². The molecular weight excluding hydrogens is 673 g/mol. The molecule has 0 bridgehead atoms. The summed E-state index contributed by atoms with van der Waals surface area (Å²) >= 11 is 0. The van der Waals surface area contributed by atoms with Crippen LogP contribution in [0.2, 0.25) is 0 Å². The zero-order valence-corrected chi connectivity index (χ0v) is 32.4. The fourth-order valence-corrected chi connectivity index (χ4v) is 10.6. The van der Waals surface area contributed by atoms with E-state index in [4.69, 9.17) is 0 Å². The number of fused-ring (bicyclic) bond motifs is 3. The minimum absolute atomic E-state index is 0.282. The van der Waals surface area contributed by atoms with Gasteiger partial charge >= 0.3 is 0 Å². The standard InChI is InChI=1S/C56H52/c1-4-16-40(17-5-1)43-31-28-39(29-32-43)30-33-44-34-35-54(49-23-11-10-22-48(44)49)56-52-26-14-12-24-50(52)55(51-25-13-15-27-53(51)56)47-37-45(41-18-6-2-7-19-41)36-46(38-47)42-20-8-3-9-21-42/h1-2,4,6-8,10-16,18,20-28,30-31,33-36,38,41,45,48-50,52H,3,5,9,17,19,29,32,37H2. The van der Waals surface area contributed by atoms with Crippen molar-refractivity contribution in [3.8, 4) is 0 Å². The summed E-state index contributed by atoms with van der Waals surface area (Å²) in [5, 5.41) is 2.83. The number of rotatable bonds is 7. The lowest BCUT2D eigenvalue weighted by molar-refractivity contribution is 0.468. The zero-order chi connectivity index (χ0) is 37.3. The van der Waals surface area contributed by atoms with Crippen molar-refractivity contribution in [1.29, 1.82) is 0 Å². The van der Waals surface area contributed by atoms with E-state index in [2.05, 4.69) is 182 Å². The van der Waals surface area contributed by atoms with E-state index >= 15 is 0 Å². The second-order valence-electron chi connectivity index (χ2n) is 16.7. The Labute approximate surface area is 334 Å². The van der Waals surface area contributed by atoms with Gasteiger partial charge in [0.25, 0.3) is 0 Å². The summed E-state index contributed by atoms with van der Waals surface area (Å²) in [6.07, 6.45) is 70.9. The molecular formula is C56H52. The zero-order valence-electron chi connectivity index (χ0n) is 32.4. The maximum absolute atomic E-state index is 2.60. The Kier molecular flexibility index (Phi) is 9.74. The molecule has 0 fully saturated rings. The highest BCUT2D eigenvalue weighted by Crippen LogP contribution is 2.49. The van der Waals surface area contributed by atoms with E-state index in [-0.39, 0.29) is 11.8 Å². The van der Waals surface area contributed by atoms with Gasteiger partial charge in [-0.1, -0.05) is 182 Å². The van der Waals surface area contributed by atoms with Crippen LogP contribution in [0.25, 0.3) is 11.1 Å². The first kappa shape index (κ1) is 35.0. The van der Waals surface area contributed by atoms with E-state index in [0.717, 1.165) is 44.9 Å². The molecule has 10 rings (SSSR count). The molecule has 0 saturated heterocycles. The van der Waals surface area contributed by atoms with Crippen LogP contribution in [0.4, 0.5) is 0 Å². The maximum Gasteiger partial charge on any atom is 0.0134 e. The summed E-state index contributed by atoms with van der Waals surface area (Å²) in [6.45, 7) is 0. The van der Waals surface area contributed by atoms with Gasteiger partial charge in [0.15, 0.2) is 0 Å². The van der Waals surface area contributed by atoms with Crippen LogP contribution in [-0.4, -0.2) is 0 Å². The van der Waals surface area contributed by atoms with Gasteiger partial charge in [-0.25, -0.2) is 0 Å². The molecule has 1 aromatic rings. The van der Waals surface area contributed by atoms with Gasteiger partial charge in [0.2, 0.25) is 0 Å². The summed E-state index contributed by atoms with van der Waals surface area (Å²) in [6, 6.07) is 9.37. The first-order valence-electron chi connectivity index (χ1n) is 21.3. The van der Waals surface area contributed by atoms with Crippen molar-refractivity contribution in [2.75, 3.05) is 0 Å². The molecule has 0 spiro atoms. The molecule has 276 valence electrons. The third-order valence-electron chi connectivity index (χ3n) is 13.5. The average molecular weight is 725 g/mol. The van der Waals surface area contributed by atoms with Crippen LogP contribution >= 0.6 is 0 Å². The second-order valence-corrected chi connectivity index (χ2v) is 16.7. The highest BCUT2D eigenvalue weighted by molar-refractivity contribution is 5.82. The van der Waals surface area contributed by atoms with E-state index in [1.165, 1.54) is 72.6 Å². The van der Waals surface area contributed by atoms with Crippen LogP contribution in [0.5, 0.6) is 0 Å². The van der Waals surface area contributed by atoms with Crippen molar-refractivity contribution in [3.63, 3.8) is 0 Å². The minimum Gasteiger partial charge on any atom is -0.0842 e. The van der Waals surface area contributed by atoms with Crippen LogP contribution in [0.1, 0.15) is 51.4 Å². The molecule has 6 atom stereocenters. The van der Waals surface area contributed by atoms with Crippen molar-refractivity contribution in [1.82, 2.24) is 0 Å². The highest BCUT2D eigenvalue weighted by atomic mass is 14.4. The maximum atomic E-state index is 2.60. The van der Waals surface area contributed by atoms with E-state index in [0.29, 0.717) is 23.7 Å². The molecule has 0 heteroatoms. The molecule has 56 heavy (non-hydrogen) atoms. The van der Waals surface area contributed by atoms with Crippen LogP contribution in [-0.2, 0) is 0 Å². The fourth-order valence-electron chi connectivity index (χ4n) is 10.6. The SMILES string of the molecule is C1=CCCC(C2=CC=C(C=CC3=CC=C(C4=c5ccccc5=C(C5=CC(C6=CCCC=C6)=CC(C6C=CC=CC6)C5)C5C=CC=CC45)C4C=CC=CC34)CC2)=C1. The minimum atomic E-state index is 0.282. The molecule has 0 saturated carbocycles. The Balaban J connectivity index is 1.07. The van der Waals surface area contributed by atoms with E-state index in [9.17, 15) is 0 Å². The van der Waals surface area contributed by atoms with Gasteiger partial charge in [-0.05, 0) is 129 Å². The van der Waals surface area contributed by atoms with Crippen molar-refractivity contribution in [2.45, 2.75) is 51.4 Å². The first-order chi connectivity index (χ1) is 27.8. The number of allylic oxidation sites excluding steroid dienone is 34. The molecule has 0 aliphatic heterocycles. The molecule has 6 unspecified atom stereocenters. The third-order valence-corrected chi connectivity index (χ3v) is 13.5. The Morgan fingerprint density at radius 3 is 2.05 bits per heavy atom. The molecule has 0 heterocycles. The summed E-state index contributed by atoms with van der Waals surface area (Å²) in [7, 11) is 0. The summed E-state index contributed by atoms with van der Waals surface area (Å²) in [5.41, 5.74) is 14.7. The summed E-state index contributed by atoms with van der Waals surface area (Å²) in [5.74, 6) is 2.19. The van der Waals surface area contributed by atoms with E-state index in [1.807, 2.05) is 0 Å².